The van der Waals surface area contributed by atoms with Gasteiger partial charge in [0.05, 0.1) is 0 Å². The van der Waals surface area contributed by atoms with Gasteiger partial charge in [-0.1, -0.05) is 43.3 Å². The number of likely N-dealkylation sites (N-methyl/N-ethyl adjacent to an activating group) is 1. The van der Waals surface area contributed by atoms with Gasteiger partial charge in [-0.05, 0) is 24.1 Å². The van der Waals surface area contributed by atoms with E-state index in [-0.39, 0.29) is 11.7 Å². The van der Waals surface area contributed by atoms with Crippen LogP contribution in [0.1, 0.15) is 18.9 Å². The van der Waals surface area contributed by atoms with Gasteiger partial charge in [0.1, 0.15) is 0 Å². The number of ketones is 1. The molecule has 3 nitrogen and oxygen atoms in total. The molecule has 19 heavy (non-hydrogen) atoms. The summed E-state index contributed by atoms with van der Waals surface area (Å²) in [6.45, 7) is 2.69. The molecule has 1 rings (SSSR count). The van der Waals surface area contributed by atoms with Crippen LogP contribution in [-0.4, -0.2) is 30.2 Å². The van der Waals surface area contributed by atoms with Crippen LogP contribution in [0.5, 0.6) is 0 Å². The molecule has 0 unspecified atom stereocenters. The van der Waals surface area contributed by atoms with Crippen molar-refractivity contribution in [1.82, 2.24) is 4.90 Å². The molecule has 0 heterocycles. The van der Waals surface area contributed by atoms with Crippen molar-refractivity contribution in [3.05, 3.63) is 54.1 Å². The van der Waals surface area contributed by atoms with Crippen LogP contribution in [0.2, 0.25) is 0 Å². The van der Waals surface area contributed by atoms with Gasteiger partial charge in [0.15, 0.2) is 5.78 Å². The Kier molecular flexibility index (Phi) is 6.30. The van der Waals surface area contributed by atoms with Crippen LogP contribution < -0.4 is 0 Å². The molecule has 0 saturated carbocycles. The van der Waals surface area contributed by atoms with E-state index in [0.29, 0.717) is 6.54 Å². The smallest absolute Gasteiger partial charge is 0.246 e. The maximum Gasteiger partial charge on any atom is 0.246 e. The third-order valence-corrected chi connectivity index (χ3v) is 2.57. The normalized spacial score (nSPS) is 11.1. The summed E-state index contributed by atoms with van der Waals surface area (Å²) in [6.07, 6.45) is 6.70. The number of carbonyl (C=O) groups is 2. The number of benzene rings is 1. The minimum atomic E-state index is -0.192. The van der Waals surface area contributed by atoms with Crippen LogP contribution in [0.3, 0.4) is 0 Å². The largest absolute Gasteiger partial charge is 0.342 e. The predicted molar refractivity (Wildman–Crippen MR) is 77.6 cm³/mol. The lowest BCUT2D eigenvalue weighted by atomic mass is 10.2. The van der Waals surface area contributed by atoms with Crippen molar-refractivity contribution in [2.24, 2.45) is 0 Å². The predicted octanol–water partition coefficient (Wildman–Crippen LogP) is 2.69. The molecule has 0 N–H and O–H groups in total. The highest BCUT2D eigenvalue weighted by Gasteiger charge is 2.02. The Balaban J connectivity index is 2.51. The first-order valence-electron chi connectivity index (χ1n) is 6.33. The Hall–Kier alpha value is -2.16. The van der Waals surface area contributed by atoms with Crippen molar-refractivity contribution < 1.29 is 9.59 Å². The van der Waals surface area contributed by atoms with Gasteiger partial charge in [-0.25, -0.2) is 0 Å². The monoisotopic (exact) mass is 257 g/mol. The van der Waals surface area contributed by atoms with Crippen molar-refractivity contribution >= 4 is 17.8 Å². The lowest BCUT2D eigenvalue weighted by Gasteiger charge is -2.12. The molecular weight excluding hydrogens is 238 g/mol. The standard InChI is InChI=1S/C16H19NO2/c1-3-13-17(2)16(19)12-11-15(18)10-9-14-7-5-4-6-8-14/h4-12H,3,13H2,1-2H3. The first-order chi connectivity index (χ1) is 9.13. The lowest BCUT2D eigenvalue weighted by molar-refractivity contribution is -0.125. The van der Waals surface area contributed by atoms with Crippen LogP contribution in [-0.2, 0) is 9.59 Å². The van der Waals surface area contributed by atoms with Crippen molar-refractivity contribution in [2.75, 3.05) is 13.6 Å². The molecule has 3 heteroatoms. The maximum absolute atomic E-state index is 11.6. The van der Waals surface area contributed by atoms with Crippen LogP contribution in [0.15, 0.2) is 48.6 Å². The first kappa shape index (κ1) is 14.9. The second kappa shape index (κ2) is 8.03. The van der Waals surface area contributed by atoms with Crippen molar-refractivity contribution in [3.63, 3.8) is 0 Å². The first-order valence-corrected chi connectivity index (χ1v) is 6.33. The summed E-state index contributed by atoms with van der Waals surface area (Å²) in [5.74, 6) is -0.342. The van der Waals surface area contributed by atoms with Gasteiger partial charge in [0.25, 0.3) is 0 Å². The van der Waals surface area contributed by atoms with Crippen LogP contribution >= 0.6 is 0 Å². The number of amides is 1. The average molecular weight is 257 g/mol. The number of hydrogen-bond donors (Lipinski definition) is 0. The number of hydrogen-bond acceptors (Lipinski definition) is 2. The SMILES string of the molecule is CCCN(C)C(=O)C=CC(=O)C=Cc1ccccc1. The Morgan fingerprint density at radius 3 is 2.42 bits per heavy atom. The quantitative estimate of drug-likeness (QED) is 0.735. The third kappa shape index (κ3) is 5.82. The fraction of sp³-hybridized carbons (Fsp3) is 0.250. The summed E-state index contributed by atoms with van der Waals surface area (Å²) in [6, 6.07) is 9.55. The zero-order valence-corrected chi connectivity index (χ0v) is 11.4. The Labute approximate surface area is 114 Å². The molecule has 0 fully saturated rings. The number of carbonyl (C=O) groups excluding carboxylic acids is 2. The molecule has 0 atom stereocenters. The third-order valence-electron chi connectivity index (χ3n) is 2.57. The fourth-order valence-electron chi connectivity index (χ4n) is 1.52. The minimum absolute atomic E-state index is 0.150. The van der Waals surface area contributed by atoms with Crippen LogP contribution in [0.4, 0.5) is 0 Å². The topological polar surface area (TPSA) is 37.4 Å². The number of rotatable bonds is 6. The van der Waals surface area contributed by atoms with Gasteiger partial charge in [-0.3, -0.25) is 9.59 Å². The van der Waals surface area contributed by atoms with E-state index in [9.17, 15) is 9.59 Å². The lowest BCUT2D eigenvalue weighted by Crippen LogP contribution is -2.25. The summed E-state index contributed by atoms with van der Waals surface area (Å²) < 4.78 is 0. The highest BCUT2D eigenvalue weighted by Crippen LogP contribution is 2.01. The van der Waals surface area contributed by atoms with E-state index in [0.717, 1.165) is 12.0 Å². The Morgan fingerprint density at radius 1 is 1.11 bits per heavy atom. The summed E-state index contributed by atoms with van der Waals surface area (Å²) in [7, 11) is 1.72. The van der Waals surface area contributed by atoms with Crippen molar-refractivity contribution in [2.45, 2.75) is 13.3 Å². The van der Waals surface area contributed by atoms with Gasteiger partial charge in [0, 0.05) is 19.7 Å². The Morgan fingerprint density at radius 2 is 1.79 bits per heavy atom. The second-order valence-electron chi connectivity index (χ2n) is 4.24. The summed E-state index contributed by atoms with van der Waals surface area (Å²) in [5.41, 5.74) is 0.957. The average Bonchev–Trinajstić information content (AvgIpc) is 2.43. The van der Waals surface area contributed by atoms with E-state index < -0.39 is 0 Å². The van der Waals surface area contributed by atoms with E-state index in [1.165, 1.54) is 18.2 Å². The van der Waals surface area contributed by atoms with Crippen LogP contribution in [0, 0.1) is 0 Å². The molecule has 0 spiro atoms. The zero-order valence-electron chi connectivity index (χ0n) is 11.4. The summed E-state index contributed by atoms with van der Waals surface area (Å²) >= 11 is 0. The molecule has 0 aromatic heterocycles. The second-order valence-corrected chi connectivity index (χ2v) is 4.24. The maximum atomic E-state index is 11.6. The molecule has 0 aliphatic carbocycles. The van der Waals surface area contributed by atoms with Crippen molar-refractivity contribution in [1.29, 1.82) is 0 Å². The van der Waals surface area contributed by atoms with E-state index >= 15 is 0 Å². The molecule has 1 amide bonds. The van der Waals surface area contributed by atoms with E-state index in [4.69, 9.17) is 0 Å². The van der Waals surface area contributed by atoms with Crippen LogP contribution in [0.25, 0.3) is 6.08 Å². The molecule has 0 aliphatic rings. The molecular formula is C16H19NO2. The molecule has 0 bridgehead atoms. The summed E-state index contributed by atoms with van der Waals surface area (Å²) in [4.78, 5) is 24.7. The van der Waals surface area contributed by atoms with E-state index in [2.05, 4.69) is 0 Å². The van der Waals surface area contributed by atoms with E-state index in [1.807, 2.05) is 37.3 Å². The number of nitrogens with zero attached hydrogens (tertiary/aromatic N) is 1. The molecule has 1 aromatic carbocycles. The molecule has 100 valence electrons. The Bertz CT molecular complexity index is 475. The molecule has 1 aromatic rings. The van der Waals surface area contributed by atoms with Gasteiger partial charge in [-0.2, -0.15) is 0 Å². The number of allylic oxidation sites excluding steroid dienone is 2. The van der Waals surface area contributed by atoms with Gasteiger partial charge in [0.2, 0.25) is 5.91 Å². The minimum Gasteiger partial charge on any atom is -0.342 e. The highest BCUT2D eigenvalue weighted by atomic mass is 16.2. The van der Waals surface area contributed by atoms with Gasteiger partial charge >= 0.3 is 0 Å². The molecule has 0 radical (unpaired) electrons. The van der Waals surface area contributed by atoms with Gasteiger partial charge < -0.3 is 4.90 Å². The fourth-order valence-corrected chi connectivity index (χ4v) is 1.52. The molecule has 0 saturated heterocycles. The van der Waals surface area contributed by atoms with Crippen molar-refractivity contribution in [3.8, 4) is 0 Å². The van der Waals surface area contributed by atoms with E-state index in [1.54, 1.807) is 18.0 Å². The zero-order chi connectivity index (χ0) is 14.1. The van der Waals surface area contributed by atoms with Gasteiger partial charge in [-0.15, -0.1) is 0 Å². The highest BCUT2D eigenvalue weighted by molar-refractivity contribution is 6.05. The summed E-state index contributed by atoms with van der Waals surface area (Å²) in [5, 5.41) is 0. The molecule has 0 aliphatic heterocycles.